The quantitative estimate of drug-likeness (QED) is 0.512. The Bertz CT molecular complexity index is 822. The first-order valence-corrected chi connectivity index (χ1v) is 6.62. The Labute approximate surface area is 135 Å². The van der Waals surface area contributed by atoms with Crippen molar-refractivity contribution in [3.05, 3.63) is 51.2 Å². The monoisotopic (exact) mass is 332 g/mol. The summed E-state index contributed by atoms with van der Waals surface area (Å²) in [5.41, 5.74) is 2.41. The zero-order valence-corrected chi connectivity index (χ0v) is 12.3. The number of hydrogen-bond donors (Lipinski definition) is 1. The fourth-order valence-electron chi connectivity index (χ4n) is 1.66. The summed E-state index contributed by atoms with van der Waals surface area (Å²) in [6, 6.07) is 9.17. The average Bonchev–Trinajstić information content (AvgIpc) is 2.96. The van der Waals surface area contributed by atoms with Crippen molar-refractivity contribution in [2.45, 2.75) is 6.42 Å². The second-order valence-corrected chi connectivity index (χ2v) is 4.66. The van der Waals surface area contributed by atoms with E-state index in [1.165, 1.54) is 18.3 Å². The summed E-state index contributed by atoms with van der Waals surface area (Å²) in [5.74, 6) is 0.174. The van der Waals surface area contributed by atoms with Gasteiger partial charge in [-0.3, -0.25) is 14.9 Å². The third kappa shape index (κ3) is 4.15. The standard InChI is InChI=1S/C14H9ClN4O4/c15-11-3-1-9(7-12(11)19(21)22)13-4-2-10(23-13)8-17-18-14(20)5-6-16/h1-4,7-8H,5H2,(H,18,20)/b17-8+. The Balaban J connectivity index is 2.15. The van der Waals surface area contributed by atoms with Gasteiger partial charge in [-0.1, -0.05) is 11.6 Å². The highest BCUT2D eigenvalue weighted by molar-refractivity contribution is 6.32. The van der Waals surface area contributed by atoms with Crippen molar-refractivity contribution in [3.63, 3.8) is 0 Å². The fourth-order valence-corrected chi connectivity index (χ4v) is 1.85. The molecular formula is C14H9ClN4O4. The third-order valence-electron chi connectivity index (χ3n) is 2.67. The van der Waals surface area contributed by atoms with Gasteiger partial charge in [0.15, 0.2) is 0 Å². The van der Waals surface area contributed by atoms with E-state index in [-0.39, 0.29) is 17.1 Å². The van der Waals surface area contributed by atoms with Crippen LogP contribution in [0.4, 0.5) is 5.69 Å². The number of nitrogens with zero attached hydrogens (tertiary/aromatic N) is 3. The molecule has 1 heterocycles. The number of halogens is 1. The summed E-state index contributed by atoms with van der Waals surface area (Å²) >= 11 is 5.75. The first-order valence-electron chi connectivity index (χ1n) is 6.24. The largest absolute Gasteiger partial charge is 0.455 e. The van der Waals surface area contributed by atoms with Crippen LogP contribution >= 0.6 is 11.6 Å². The molecule has 0 bridgehead atoms. The van der Waals surface area contributed by atoms with Crippen LogP contribution in [-0.4, -0.2) is 17.0 Å². The predicted octanol–water partition coefficient (Wildman–Crippen LogP) is 2.87. The van der Waals surface area contributed by atoms with Crippen molar-refractivity contribution >= 4 is 29.4 Å². The number of hydrazone groups is 1. The zero-order valence-electron chi connectivity index (χ0n) is 11.5. The van der Waals surface area contributed by atoms with Gasteiger partial charge < -0.3 is 4.42 Å². The number of furan rings is 1. The molecule has 0 aliphatic rings. The lowest BCUT2D eigenvalue weighted by molar-refractivity contribution is -0.384. The second kappa shape index (κ2) is 7.20. The highest BCUT2D eigenvalue weighted by atomic mass is 35.5. The lowest BCUT2D eigenvalue weighted by Gasteiger charge is -1.99. The maximum absolute atomic E-state index is 11.0. The number of nitrogens with one attached hydrogen (secondary N) is 1. The summed E-state index contributed by atoms with van der Waals surface area (Å²) in [4.78, 5) is 21.3. The molecule has 0 radical (unpaired) electrons. The molecule has 116 valence electrons. The maximum Gasteiger partial charge on any atom is 0.288 e. The normalized spacial score (nSPS) is 10.4. The van der Waals surface area contributed by atoms with Crippen LogP contribution < -0.4 is 5.43 Å². The van der Waals surface area contributed by atoms with Crippen molar-refractivity contribution in [2.24, 2.45) is 5.10 Å². The molecule has 1 amide bonds. The average molecular weight is 333 g/mol. The number of carbonyl (C=O) groups is 1. The number of rotatable bonds is 5. The van der Waals surface area contributed by atoms with E-state index in [1.54, 1.807) is 24.3 Å². The van der Waals surface area contributed by atoms with Gasteiger partial charge in [-0.05, 0) is 24.3 Å². The summed E-state index contributed by atoms with van der Waals surface area (Å²) in [5, 5.41) is 22.9. The topological polar surface area (TPSA) is 122 Å². The molecule has 1 N–H and O–H groups in total. The number of hydrogen-bond acceptors (Lipinski definition) is 6. The molecule has 0 aliphatic carbocycles. The van der Waals surface area contributed by atoms with Crippen molar-refractivity contribution < 1.29 is 14.1 Å². The van der Waals surface area contributed by atoms with Crippen molar-refractivity contribution in [3.8, 4) is 17.4 Å². The highest BCUT2D eigenvalue weighted by Gasteiger charge is 2.15. The van der Waals surface area contributed by atoms with Gasteiger partial charge in [-0.2, -0.15) is 10.4 Å². The van der Waals surface area contributed by atoms with Gasteiger partial charge in [-0.25, -0.2) is 5.43 Å². The van der Waals surface area contributed by atoms with Gasteiger partial charge >= 0.3 is 0 Å². The van der Waals surface area contributed by atoms with E-state index in [9.17, 15) is 14.9 Å². The Morgan fingerprint density at radius 1 is 1.48 bits per heavy atom. The van der Waals surface area contributed by atoms with Gasteiger partial charge in [0.25, 0.3) is 11.6 Å². The Morgan fingerprint density at radius 2 is 2.26 bits per heavy atom. The minimum absolute atomic E-state index is 0.0345. The SMILES string of the molecule is N#CCC(=O)N/N=C/c1ccc(-c2ccc(Cl)c([N+](=O)[O-])c2)o1. The summed E-state index contributed by atoms with van der Waals surface area (Å²) in [6.45, 7) is 0. The maximum atomic E-state index is 11.0. The summed E-state index contributed by atoms with van der Waals surface area (Å²) in [6.07, 6.45) is 0.957. The molecule has 1 aromatic heterocycles. The van der Waals surface area contributed by atoms with Crippen LogP contribution in [-0.2, 0) is 4.79 Å². The van der Waals surface area contributed by atoms with Crippen LogP contribution in [0, 0.1) is 21.4 Å². The van der Waals surface area contributed by atoms with Gasteiger partial charge in [-0.15, -0.1) is 0 Å². The fraction of sp³-hybridized carbons (Fsp3) is 0.0714. The predicted molar refractivity (Wildman–Crippen MR) is 81.8 cm³/mol. The van der Waals surface area contributed by atoms with Gasteiger partial charge in [0.2, 0.25) is 0 Å². The zero-order chi connectivity index (χ0) is 16.8. The first kappa shape index (κ1) is 16.2. The van der Waals surface area contributed by atoms with Crippen LogP contribution in [0.3, 0.4) is 0 Å². The number of benzene rings is 1. The Morgan fingerprint density at radius 3 is 2.96 bits per heavy atom. The second-order valence-electron chi connectivity index (χ2n) is 4.25. The molecule has 0 fully saturated rings. The Kier molecular flexibility index (Phi) is 5.07. The van der Waals surface area contributed by atoms with Crippen LogP contribution in [0.5, 0.6) is 0 Å². The van der Waals surface area contributed by atoms with E-state index in [2.05, 4.69) is 10.5 Å². The van der Waals surface area contributed by atoms with E-state index >= 15 is 0 Å². The lowest BCUT2D eigenvalue weighted by Crippen LogP contribution is -2.15. The molecule has 0 saturated heterocycles. The van der Waals surface area contributed by atoms with Crippen LogP contribution in [0.15, 0.2) is 39.9 Å². The highest BCUT2D eigenvalue weighted by Crippen LogP contribution is 2.30. The van der Waals surface area contributed by atoms with E-state index < -0.39 is 10.8 Å². The summed E-state index contributed by atoms with van der Waals surface area (Å²) < 4.78 is 5.45. The Hall–Kier alpha value is -3.18. The van der Waals surface area contributed by atoms with Crippen molar-refractivity contribution in [1.29, 1.82) is 5.26 Å². The molecule has 0 spiro atoms. The molecule has 9 heteroatoms. The molecule has 8 nitrogen and oxygen atoms in total. The van der Waals surface area contributed by atoms with Crippen LogP contribution in [0.25, 0.3) is 11.3 Å². The van der Waals surface area contributed by atoms with Crippen LogP contribution in [0.1, 0.15) is 12.2 Å². The van der Waals surface area contributed by atoms with Gasteiger partial charge in [0.05, 0.1) is 17.2 Å². The number of nitro benzene ring substituents is 1. The molecule has 1 aromatic carbocycles. The number of carbonyl (C=O) groups excluding carboxylic acids is 1. The molecule has 23 heavy (non-hydrogen) atoms. The van der Waals surface area contributed by atoms with Gasteiger partial charge in [0, 0.05) is 11.6 Å². The molecule has 0 saturated carbocycles. The van der Waals surface area contributed by atoms with Gasteiger partial charge in [0.1, 0.15) is 23.0 Å². The molecular weight excluding hydrogens is 324 g/mol. The molecule has 2 aromatic rings. The smallest absolute Gasteiger partial charge is 0.288 e. The lowest BCUT2D eigenvalue weighted by atomic mass is 10.1. The minimum atomic E-state index is -0.581. The third-order valence-corrected chi connectivity index (χ3v) is 2.99. The van der Waals surface area contributed by atoms with Crippen molar-refractivity contribution in [1.82, 2.24) is 5.43 Å². The van der Waals surface area contributed by atoms with E-state index in [0.717, 1.165) is 0 Å². The van der Waals surface area contributed by atoms with E-state index in [0.29, 0.717) is 17.1 Å². The summed E-state index contributed by atoms with van der Waals surface area (Å²) in [7, 11) is 0. The molecule has 0 aliphatic heterocycles. The number of nitro groups is 1. The molecule has 0 atom stereocenters. The minimum Gasteiger partial charge on any atom is -0.455 e. The first-order chi connectivity index (χ1) is 11.0. The van der Waals surface area contributed by atoms with Crippen LogP contribution in [0.2, 0.25) is 5.02 Å². The van der Waals surface area contributed by atoms with Crippen molar-refractivity contribution in [2.75, 3.05) is 0 Å². The molecule has 2 rings (SSSR count). The number of amides is 1. The molecule has 0 unspecified atom stereocenters. The van der Waals surface area contributed by atoms with E-state index in [1.807, 2.05) is 0 Å². The number of nitriles is 1. The van der Waals surface area contributed by atoms with E-state index in [4.69, 9.17) is 21.3 Å².